The van der Waals surface area contributed by atoms with Crippen molar-refractivity contribution in [1.29, 1.82) is 0 Å². The first-order chi connectivity index (χ1) is 8.99. The number of nitrogens with two attached hydrogens (primary N) is 1. The number of pyridine rings is 1. The third-order valence-corrected chi connectivity index (χ3v) is 2.59. The molecule has 4 nitrogen and oxygen atoms in total. The number of rotatable bonds is 7. The topological polar surface area (TPSA) is 51.4 Å². The van der Waals surface area contributed by atoms with E-state index < -0.39 is 11.7 Å². The van der Waals surface area contributed by atoms with Gasteiger partial charge in [0, 0.05) is 26.4 Å². The minimum atomic E-state index is -4.36. The Bertz CT molecular complexity index is 377. The Balaban J connectivity index is 2.88. The van der Waals surface area contributed by atoms with Crippen LogP contribution in [0, 0.1) is 0 Å². The fourth-order valence-corrected chi connectivity index (χ4v) is 1.59. The molecule has 0 bridgehead atoms. The molecule has 0 radical (unpaired) electrons. The van der Waals surface area contributed by atoms with Gasteiger partial charge in [-0.3, -0.25) is 0 Å². The molecule has 0 amide bonds. The second-order valence-corrected chi connectivity index (χ2v) is 4.02. The quantitative estimate of drug-likeness (QED) is 0.827. The summed E-state index contributed by atoms with van der Waals surface area (Å²) in [5.41, 5.74) is 4.72. The van der Waals surface area contributed by atoms with Gasteiger partial charge in [-0.05, 0) is 25.1 Å². The maximum absolute atomic E-state index is 12.6. The molecular formula is C12H18F3N3O. The van der Waals surface area contributed by atoms with Crippen molar-refractivity contribution >= 4 is 5.82 Å². The van der Waals surface area contributed by atoms with Crippen LogP contribution >= 0.6 is 0 Å². The van der Waals surface area contributed by atoms with Crippen LogP contribution in [0.15, 0.2) is 18.3 Å². The van der Waals surface area contributed by atoms with E-state index in [2.05, 4.69) is 4.98 Å². The van der Waals surface area contributed by atoms with Gasteiger partial charge in [0.1, 0.15) is 5.82 Å². The minimum absolute atomic E-state index is 0.292. The number of ether oxygens (including phenoxy) is 1. The lowest BCUT2D eigenvalue weighted by atomic mass is 10.2. The van der Waals surface area contributed by atoms with Crippen molar-refractivity contribution in [2.75, 3.05) is 38.3 Å². The van der Waals surface area contributed by atoms with Crippen LogP contribution in [0.25, 0.3) is 0 Å². The van der Waals surface area contributed by atoms with Crippen LogP contribution in [0.3, 0.4) is 0 Å². The molecule has 0 atom stereocenters. The molecular weight excluding hydrogens is 259 g/mol. The Labute approximate surface area is 110 Å². The van der Waals surface area contributed by atoms with Crippen LogP contribution in [0.4, 0.5) is 19.0 Å². The van der Waals surface area contributed by atoms with Gasteiger partial charge in [-0.2, -0.15) is 13.2 Å². The lowest BCUT2D eigenvalue weighted by Gasteiger charge is -2.23. The zero-order valence-corrected chi connectivity index (χ0v) is 10.8. The summed E-state index contributed by atoms with van der Waals surface area (Å²) in [6, 6.07) is 2.01. The molecule has 1 aromatic rings. The normalized spacial score (nSPS) is 11.6. The van der Waals surface area contributed by atoms with Crippen molar-refractivity contribution in [3.05, 3.63) is 23.9 Å². The Morgan fingerprint density at radius 1 is 1.37 bits per heavy atom. The summed E-state index contributed by atoms with van der Waals surface area (Å²) in [6.45, 7) is 1.92. The molecule has 19 heavy (non-hydrogen) atoms. The van der Waals surface area contributed by atoms with Gasteiger partial charge in [0.15, 0.2) is 0 Å². The number of nitrogens with zero attached hydrogens (tertiary/aromatic N) is 2. The molecule has 1 aromatic heterocycles. The fourth-order valence-electron chi connectivity index (χ4n) is 1.59. The predicted octanol–water partition coefficient (Wildman–Crippen LogP) is 1.90. The van der Waals surface area contributed by atoms with E-state index in [4.69, 9.17) is 10.5 Å². The lowest BCUT2D eigenvalue weighted by Crippen LogP contribution is -2.30. The van der Waals surface area contributed by atoms with Crippen LogP contribution in [0.5, 0.6) is 0 Å². The zero-order valence-electron chi connectivity index (χ0n) is 10.8. The summed E-state index contributed by atoms with van der Waals surface area (Å²) in [4.78, 5) is 5.73. The maximum Gasteiger partial charge on any atom is 0.416 e. The maximum atomic E-state index is 12.6. The Morgan fingerprint density at radius 3 is 2.68 bits per heavy atom. The second kappa shape index (κ2) is 7.30. The molecule has 0 aliphatic rings. The Kier molecular flexibility index (Phi) is 6.04. The standard InChI is InChI=1S/C12H18F3N3O/c1-19-8-7-18(6-2-4-16)11-9-10(3-5-17-11)12(13,14)15/h3,5,9H,2,4,6-8,16H2,1H3. The average molecular weight is 277 g/mol. The molecule has 0 unspecified atom stereocenters. The van der Waals surface area contributed by atoms with Gasteiger partial charge in [-0.1, -0.05) is 0 Å². The highest BCUT2D eigenvalue weighted by atomic mass is 19.4. The van der Waals surface area contributed by atoms with Gasteiger partial charge in [0.25, 0.3) is 0 Å². The van der Waals surface area contributed by atoms with E-state index in [0.717, 1.165) is 12.1 Å². The highest BCUT2D eigenvalue weighted by Gasteiger charge is 2.31. The fraction of sp³-hybridized carbons (Fsp3) is 0.583. The molecule has 2 N–H and O–H groups in total. The third kappa shape index (κ3) is 5.04. The van der Waals surface area contributed by atoms with Gasteiger partial charge in [-0.15, -0.1) is 0 Å². The van der Waals surface area contributed by atoms with E-state index in [-0.39, 0.29) is 0 Å². The van der Waals surface area contributed by atoms with Crippen molar-refractivity contribution in [2.24, 2.45) is 5.73 Å². The van der Waals surface area contributed by atoms with Crippen molar-refractivity contribution in [3.63, 3.8) is 0 Å². The highest BCUT2D eigenvalue weighted by molar-refractivity contribution is 5.41. The van der Waals surface area contributed by atoms with E-state index >= 15 is 0 Å². The number of halogens is 3. The van der Waals surface area contributed by atoms with Crippen molar-refractivity contribution < 1.29 is 17.9 Å². The van der Waals surface area contributed by atoms with Crippen molar-refractivity contribution in [1.82, 2.24) is 4.98 Å². The predicted molar refractivity (Wildman–Crippen MR) is 67.0 cm³/mol. The number of hydrogen-bond donors (Lipinski definition) is 1. The van der Waals surface area contributed by atoms with Gasteiger partial charge in [-0.25, -0.2) is 4.98 Å². The van der Waals surface area contributed by atoms with E-state index in [1.807, 2.05) is 0 Å². The van der Waals surface area contributed by atoms with Gasteiger partial charge < -0.3 is 15.4 Å². The first-order valence-electron chi connectivity index (χ1n) is 5.96. The highest BCUT2D eigenvalue weighted by Crippen LogP contribution is 2.30. The smallest absolute Gasteiger partial charge is 0.383 e. The largest absolute Gasteiger partial charge is 0.416 e. The number of methoxy groups -OCH3 is 1. The summed E-state index contributed by atoms with van der Waals surface area (Å²) in [6.07, 6.45) is -2.51. The lowest BCUT2D eigenvalue weighted by molar-refractivity contribution is -0.137. The van der Waals surface area contributed by atoms with Gasteiger partial charge >= 0.3 is 6.18 Å². The number of aromatic nitrogens is 1. The van der Waals surface area contributed by atoms with Crippen LogP contribution in [0.2, 0.25) is 0 Å². The number of hydrogen-bond acceptors (Lipinski definition) is 4. The molecule has 0 saturated carbocycles. The SMILES string of the molecule is COCCN(CCCN)c1cc(C(F)(F)F)ccn1. The number of anilines is 1. The summed E-state index contributed by atoms with van der Waals surface area (Å²) >= 11 is 0. The minimum Gasteiger partial charge on any atom is -0.383 e. The van der Waals surface area contributed by atoms with Crippen LogP contribution < -0.4 is 10.6 Å². The molecule has 0 aliphatic heterocycles. The van der Waals surface area contributed by atoms with E-state index in [1.54, 1.807) is 12.0 Å². The van der Waals surface area contributed by atoms with Gasteiger partial charge in [0.2, 0.25) is 0 Å². The average Bonchev–Trinajstić information content (AvgIpc) is 2.38. The third-order valence-electron chi connectivity index (χ3n) is 2.59. The van der Waals surface area contributed by atoms with Crippen LogP contribution in [-0.4, -0.2) is 38.3 Å². The number of alkyl halides is 3. The Morgan fingerprint density at radius 2 is 2.11 bits per heavy atom. The first kappa shape index (κ1) is 15.7. The summed E-state index contributed by atoms with van der Waals surface area (Å²) in [7, 11) is 1.54. The van der Waals surface area contributed by atoms with E-state index in [0.29, 0.717) is 38.5 Å². The zero-order chi connectivity index (χ0) is 14.3. The van der Waals surface area contributed by atoms with E-state index in [9.17, 15) is 13.2 Å². The molecule has 1 rings (SSSR count). The monoisotopic (exact) mass is 277 g/mol. The van der Waals surface area contributed by atoms with Gasteiger partial charge in [0.05, 0.1) is 12.2 Å². The van der Waals surface area contributed by atoms with Crippen LogP contribution in [0.1, 0.15) is 12.0 Å². The van der Waals surface area contributed by atoms with Crippen molar-refractivity contribution in [3.8, 4) is 0 Å². The van der Waals surface area contributed by atoms with Crippen LogP contribution in [-0.2, 0) is 10.9 Å². The summed E-state index contributed by atoms with van der Waals surface area (Å²) < 4.78 is 42.9. The van der Waals surface area contributed by atoms with E-state index in [1.165, 1.54) is 6.20 Å². The molecule has 0 saturated heterocycles. The molecule has 108 valence electrons. The molecule has 0 fully saturated rings. The first-order valence-corrected chi connectivity index (χ1v) is 5.96. The van der Waals surface area contributed by atoms with Crippen molar-refractivity contribution in [2.45, 2.75) is 12.6 Å². The molecule has 7 heteroatoms. The Hall–Kier alpha value is -1.34. The molecule has 0 aromatic carbocycles. The second-order valence-electron chi connectivity index (χ2n) is 4.02. The molecule has 1 heterocycles. The molecule has 0 spiro atoms. The molecule has 0 aliphatic carbocycles. The summed E-state index contributed by atoms with van der Waals surface area (Å²) in [5, 5.41) is 0. The summed E-state index contributed by atoms with van der Waals surface area (Å²) in [5.74, 6) is 0.292.